The van der Waals surface area contributed by atoms with Crippen molar-refractivity contribution in [2.75, 3.05) is 0 Å². The molecule has 0 bridgehead atoms. The number of benzene rings is 2. The van der Waals surface area contributed by atoms with Crippen molar-refractivity contribution in [2.24, 2.45) is 0 Å². The molecule has 3 aromatic rings. The van der Waals surface area contributed by atoms with Crippen LogP contribution in [0.1, 0.15) is 11.3 Å². The number of aliphatic carboxylic acids is 1. The minimum absolute atomic E-state index is 0.0499. The van der Waals surface area contributed by atoms with Gasteiger partial charge in [0.1, 0.15) is 17.7 Å². The molecule has 1 heterocycles. The van der Waals surface area contributed by atoms with E-state index in [1.54, 1.807) is 12.1 Å². The van der Waals surface area contributed by atoms with Crippen LogP contribution in [0.25, 0.3) is 10.9 Å². The molecule has 1 atom stereocenters. The third kappa shape index (κ3) is 4.44. The first-order chi connectivity index (χ1) is 12.9. The summed E-state index contributed by atoms with van der Waals surface area (Å²) in [5.41, 5.74) is 0.792. The molecule has 0 unspecified atom stereocenters. The lowest BCUT2D eigenvalue weighted by Gasteiger charge is -2.15. The minimum atomic E-state index is -1.26. The number of amides is 1. The normalized spacial score (nSPS) is 11.9. The second kappa shape index (κ2) is 7.90. The molecule has 1 amide bonds. The number of pyridine rings is 1. The van der Waals surface area contributed by atoms with Crippen molar-refractivity contribution in [3.63, 3.8) is 0 Å². The summed E-state index contributed by atoms with van der Waals surface area (Å²) < 4.78 is 27.3. The second-order valence-electron chi connectivity index (χ2n) is 6.03. The van der Waals surface area contributed by atoms with Gasteiger partial charge in [0, 0.05) is 23.1 Å². The third-order valence-corrected chi connectivity index (χ3v) is 4.10. The molecule has 138 valence electrons. The molecule has 27 heavy (non-hydrogen) atoms. The van der Waals surface area contributed by atoms with Crippen LogP contribution in [-0.4, -0.2) is 28.0 Å². The number of rotatable bonds is 6. The Morgan fingerprint density at radius 2 is 1.70 bits per heavy atom. The van der Waals surface area contributed by atoms with Crippen molar-refractivity contribution in [3.8, 4) is 0 Å². The lowest BCUT2D eigenvalue weighted by molar-refractivity contribution is -0.141. The van der Waals surface area contributed by atoms with Gasteiger partial charge in [0.25, 0.3) is 0 Å². The molecule has 0 spiro atoms. The molecule has 2 aromatic carbocycles. The predicted octanol–water partition coefficient (Wildman–Crippen LogP) is 2.87. The Bertz CT molecular complexity index is 987. The zero-order valence-electron chi connectivity index (χ0n) is 14.2. The zero-order chi connectivity index (χ0) is 19.4. The summed E-state index contributed by atoms with van der Waals surface area (Å²) in [5, 5.41) is 12.6. The number of fused-ring (bicyclic) bond motifs is 1. The highest BCUT2D eigenvalue weighted by atomic mass is 19.1. The largest absolute Gasteiger partial charge is 0.480 e. The van der Waals surface area contributed by atoms with Gasteiger partial charge in [0.2, 0.25) is 5.91 Å². The van der Waals surface area contributed by atoms with Crippen molar-refractivity contribution >= 4 is 22.8 Å². The molecule has 7 heteroatoms. The van der Waals surface area contributed by atoms with Crippen molar-refractivity contribution in [1.29, 1.82) is 0 Å². The standard InChI is InChI=1S/C20H16F2N2O3/c21-15-5-3-6-16(22)14(15)11-19(25)24-18(20(26)27)10-13-9-8-12-4-1-2-7-17(12)23-13/h1-9,18H,10-11H2,(H,24,25)(H,26,27)/t18-/m1/s1. The maximum atomic E-state index is 13.7. The van der Waals surface area contributed by atoms with E-state index in [1.807, 2.05) is 24.3 Å². The van der Waals surface area contributed by atoms with Crippen LogP contribution in [0.5, 0.6) is 0 Å². The van der Waals surface area contributed by atoms with Crippen molar-refractivity contribution in [3.05, 3.63) is 77.5 Å². The summed E-state index contributed by atoms with van der Waals surface area (Å²) in [7, 11) is 0. The van der Waals surface area contributed by atoms with E-state index in [4.69, 9.17) is 0 Å². The van der Waals surface area contributed by atoms with E-state index in [1.165, 1.54) is 6.07 Å². The monoisotopic (exact) mass is 370 g/mol. The van der Waals surface area contributed by atoms with Gasteiger partial charge in [-0.1, -0.05) is 30.3 Å². The SMILES string of the molecule is O=C(Cc1c(F)cccc1F)N[C@H](Cc1ccc2ccccc2n1)C(=O)O. The van der Waals surface area contributed by atoms with Gasteiger partial charge < -0.3 is 10.4 Å². The van der Waals surface area contributed by atoms with E-state index in [9.17, 15) is 23.5 Å². The molecule has 0 saturated carbocycles. The topological polar surface area (TPSA) is 79.3 Å². The van der Waals surface area contributed by atoms with Crippen LogP contribution in [-0.2, 0) is 22.4 Å². The molecule has 3 rings (SSSR count). The minimum Gasteiger partial charge on any atom is -0.480 e. The van der Waals surface area contributed by atoms with E-state index in [2.05, 4.69) is 10.3 Å². The molecule has 0 aliphatic heterocycles. The maximum absolute atomic E-state index is 13.7. The number of aromatic nitrogens is 1. The highest BCUT2D eigenvalue weighted by Gasteiger charge is 2.22. The van der Waals surface area contributed by atoms with Crippen LogP contribution in [0.2, 0.25) is 0 Å². The first kappa shape index (κ1) is 18.4. The predicted molar refractivity (Wildman–Crippen MR) is 95.1 cm³/mol. The number of nitrogens with one attached hydrogen (secondary N) is 1. The van der Waals surface area contributed by atoms with Gasteiger partial charge in [-0.25, -0.2) is 13.6 Å². The molecular weight excluding hydrogens is 354 g/mol. The van der Waals surface area contributed by atoms with Crippen LogP contribution in [0.3, 0.4) is 0 Å². The lowest BCUT2D eigenvalue weighted by atomic mass is 10.1. The summed E-state index contributed by atoms with van der Waals surface area (Å²) in [6.07, 6.45) is -0.640. The van der Waals surface area contributed by atoms with Crippen LogP contribution >= 0.6 is 0 Å². The first-order valence-corrected chi connectivity index (χ1v) is 8.24. The Morgan fingerprint density at radius 1 is 1.00 bits per heavy atom. The highest BCUT2D eigenvalue weighted by molar-refractivity contribution is 5.85. The Labute approximate surface area is 153 Å². The number of carbonyl (C=O) groups excluding carboxylic acids is 1. The Kier molecular flexibility index (Phi) is 5.40. The van der Waals surface area contributed by atoms with E-state index < -0.39 is 41.5 Å². The Morgan fingerprint density at radius 3 is 2.41 bits per heavy atom. The number of carbonyl (C=O) groups is 2. The molecule has 0 aliphatic carbocycles. The zero-order valence-corrected chi connectivity index (χ0v) is 14.2. The van der Waals surface area contributed by atoms with Gasteiger partial charge in [-0.3, -0.25) is 9.78 Å². The second-order valence-corrected chi connectivity index (χ2v) is 6.03. The van der Waals surface area contributed by atoms with Crippen LogP contribution in [0, 0.1) is 11.6 Å². The summed E-state index contributed by atoms with van der Waals surface area (Å²) >= 11 is 0. The quantitative estimate of drug-likeness (QED) is 0.699. The average molecular weight is 370 g/mol. The summed E-state index contributed by atoms with van der Waals surface area (Å²) in [5.74, 6) is -3.75. The third-order valence-electron chi connectivity index (χ3n) is 4.10. The maximum Gasteiger partial charge on any atom is 0.326 e. The van der Waals surface area contributed by atoms with Gasteiger partial charge >= 0.3 is 5.97 Å². The van der Waals surface area contributed by atoms with Crippen LogP contribution < -0.4 is 5.32 Å². The van der Waals surface area contributed by atoms with Crippen molar-refractivity contribution in [1.82, 2.24) is 10.3 Å². The molecule has 0 aliphatic rings. The van der Waals surface area contributed by atoms with E-state index in [-0.39, 0.29) is 6.42 Å². The van der Waals surface area contributed by atoms with Crippen molar-refractivity contribution < 1.29 is 23.5 Å². The fraction of sp³-hybridized carbons (Fsp3) is 0.150. The van der Waals surface area contributed by atoms with Gasteiger partial charge in [-0.2, -0.15) is 0 Å². The lowest BCUT2D eigenvalue weighted by Crippen LogP contribution is -2.43. The molecule has 1 aromatic heterocycles. The average Bonchev–Trinajstić information content (AvgIpc) is 2.64. The number of carboxylic acid groups (broad SMARTS) is 1. The molecule has 0 saturated heterocycles. The van der Waals surface area contributed by atoms with Gasteiger partial charge in [-0.15, -0.1) is 0 Å². The number of hydrogen-bond acceptors (Lipinski definition) is 3. The smallest absolute Gasteiger partial charge is 0.326 e. The number of halogens is 2. The number of para-hydroxylation sites is 1. The van der Waals surface area contributed by atoms with E-state index >= 15 is 0 Å². The molecule has 2 N–H and O–H groups in total. The Balaban J connectivity index is 1.73. The number of nitrogens with zero attached hydrogens (tertiary/aromatic N) is 1. The molecular formula is C20H16F2N2O3. The van der Waals surface area contributed by atoms with Crippen molar-refractivity contribution in [2.45, 2.75) is 18.9 Å². The summed E-state index contributed by atoms with van der Waals surface area (Å²) in [6, 6.07) is 12.9. The van der Waals surface area contributed by atoms with E-state index in [0.29, 0.717) is 11.2 Å². The van der Waals surface area contributed by atoms with Gasteiger partial charge in [0.15, 0.2) is 0 Å². The molecule has 5 nitrogen and oxygen atoms in total. The van der Waals surface area contributed by atoms with E-state index in [0.717, 1.165) is 17.5 Å². The number of hydrogen-bond donors (Lipinski definition) is 2. The fourth-order valence-electron chi connectivity index (χ4n) is 2.74. The van der Waals surface area contributed by atoms with Crippen LogP contribution in [0.4, 0.5) is 8.78 Å². The molecule has 0 radical (unpaired) electrons. The number of carboxylic acids is 1. The summed E-state index contributed by atoms with van der Waals surface area (Å²) in [4.78, 5) is 28.0. The fourth-order valence-corrected chi connectivity index (χ4v) is 2.74. The first-order valence-electron chi connectivity index (χ1n) is 8.24. The summed E-state index contributed by atoms with van der Waals surface area (Å²) in [6.45, 7) is 0. The Hall–Kier alpha value is -3.35. The molecule has 0 fully saturated rings. The van der Waals surface area contributed by atoms with Gasteiger partial charge in [0.05, 0.1) is 11.9 Å². The van der Waals surface area contributed by atoms with Gasteiger partial charge in [-0.05, 0) is 24.3 Å². The highest BCUT2D eigenvalue weighted by Crippen LogP contribution is 2.14. The van der Waals surface area contributed by atoms with Crippen LogP contribution in [0.15, 0.2) is 54.6 Å².